The van der Waals surface area contributed by atoms with Crippen LogP contribution < -0.4 is 0 Å². The standard InChI is InChI=1S/C23H20N2O4/c1-13(2)25-22(27)19(14(3)20(12-24)23(25)28)11-18-9-10-21(29-18)17-7-5-16(6-8-17)15(4)26/h5-11,13H,1-4H3/b19-11+. The third kappa shape index (κ3) is 3.67. The molecule has 0 fully saturated rings. The number of ketones is 1. The zero-order chi connectivity index (χ0) is 21.3. The summed E-state index contributed by atoms with van der Waals surface area (Å²) >= 11 is 0. The largest absolute Gasteiger partial charge is 0.457 e. The van der Waals surface area contributed by atoms with Crippen LogP contribution in [-0.2, 0) is 9.59 Å². The van der Waals surface area contributed by atoms with Gasteiger partial charge in [0.1, 0.15) is 23.2 Å². The highest BCUT2D eigenvalue weighted by atomic mass is 16.3. The van der Waals surface area contributed by atoms with Gasteiger partial charge in [-0.15, -0.1) is 0 Å². The maximum atomic E-state index is 12.9. The first-order valence-electron chi connectivity index (χ1n) is 9.16. The Labute approximate surface area is 168 Å². The van der Waals surface area contributed by atoms with Crippen LogP contribution in [0, 0.1) is 11.3 Å². The lowest BCUT2D eigenvalue weighted by Gasteiger charge is -2.30. The summed E-state index contributed by atoms with van der Waals surface area (Å²) < 4.78 is 5.84. The monoisotopic (exact) mass is 388 g/mol. The van der Waals surface area contributed by atoms with E-state index < -0.39 is 11.8 Å². The van der Waals surface area contributed by atoms with Crippen molar-refractivity contribution >= 4 is 23.7 Å². The number of furan rings is 1. The highest BCUT2D eigenvalue weighted by molar-refractivity contribution is 6.19. The van der Waals surface area contributed by atoms with E-state index >= 15 is 0 Å². The smallest absolute Gasteiger partial charge is 0.271 e. The SMILES string of the molecule is CC(=O)c1ccc(-c2ccc(/C=C3/C(=O)N(C(C)C)C(=O)C(C#N)=C3C)o2)cc1. The van der Waals surface area contributed by atoms with Gasteiger partial charge in [0, 0.05) is 22.7 Å². The topological polar surface area (TPSA) is 91.4 Å². The maximum absolute atomic E-state index is 12.9. The molecule has 2 heterocycles. The Hall–Kier alpha value is -3.72. The van der Waals surface area contributed by atoms with Gasteiger partial charge in [0.15, 0.2) is 5.78 Å². The lowest BCUT2D eigenvalue weighted by atomic mass is 9.94. The molecule has 146 valence electrons. The van der Waals surface area contributed by atoms with Crippen molar-refractivity contribution in [1.82, 2.24) is 4.90 Å². The third-order valence-corrected chi connectivity index (χ3v) is 4.78. The first-order chi connectivity index (χ1) is 13.7. The molecule has 0 atom stereocenters. The van der Waals surface area contributed by atoms with Gasteiger partial charge in [-0.05, 0) is 51.5 Å². The van der Waals surface area contributed by atoms with Crippen molar-refractivity contribution in [2.75, 3.05) is 0 Å². The Bertz CT molecular complexity index is 1110. The molecule has 0 saturated carbocycles. The number of nitriles is 1. The molecule has 0 saturated heterocycles. The Morgan fingerprint density at radius 1 is 1.10 bits per heavy atom. The lowest BCUT2D eigenvalue weighted by Crippen LogP contribution is -2.46. The number of imide groups is 1. The van der Waals surface area contributed by atoms with Crippen LogP contribution in [0.4, 0.5) is 0 Å². The summed E-state index contributed by atoms with van der Waals surface area (Å²) in [7, 11) is 0. The Balaban J connectivity index is 2.00. The molecule has 2 amide bonds. The highest BCUT2D eigenvalue weighted by Crippen LogP contribution is 2.30. The van der Waals surface area contributed by atoms with Crippen LogP contribution >= 0.6 is 0 Å². The summed E-state index contributed by atoms with van der Waals surface area (Å²) in [5.41, 5.74) is 1.94. The molecule has 0 aliphatic carbocycles. The number of nitrogens with zero attached hydrogens (tertiary/aromatic N) is 2. The molecule has 3 rings (SSSR count). The van der Waals surface area contributed by atoms with Crippen LogP contribution in [0.1, 0.15) is 43.8 Å². The quantitative estimate of drug-likeness (QED) is 0.446. The Kier molecular flexibility index (Phi) is 5.33. The van der Waals surface area contributed by atoms with Crippen molar-refractivity contribution in [2.24, 2.45) is 0 Å². The van der Waals surface area contributed by atoms with E-state index in [4.69, 9.17) is 4.42 Å². The van der Waals surface area contributed by atoms with Crippen LogP contribution in [-0.4, -0.2) is 28.5 Å². The number of hydrogen-bond acceptors (Lipinski definition) is 5. The third-order valence-electron chi connectivity index (χ3n) is 4.78. The summed E-state index contributed by atoms with van der Waals surface area (Å²) in [4.78, 5) is 37.8. The number of hydrogen-bond donors (Lipinski definition) is 0. The molecule has 0 radical (unpaired) electrons. The Morgan fingerprint density at radius 3 is 2.31 bits per heavy atom. The van der Waals surface area contributed by atoms with Crippen molar-refractivity contribution in [2.45, 2.75) is 33.7 Å². The molecule has 2 aromatic rings. The van der Waals surface area contributed by atoms with E-state index in [1.165, 1.54) is 6.92 Å². The van der Waals surface area contributed by atoms with E-state index in [1.807, 2.05) is 6.07 Å². The number of benzene rings is 1. The molecule has 0 N–H and O–H groups in total. The molecular formula is C23H20N2O4. The lowest BCUT2D eigenvalue weighted by molar-refractivity contribution is -0.142. The molecule has 0 unspecified atom stereocenters. The summed E-state index contributed by atoms with van der Waals surface area (Å²) in [5.74, 6) is -0.0435. The first-order valence-corrected chi connectivity index (χ1v) is 9.16. The normalized spacial score (nSPS) is 16.0. The molecule has 1 aliphatic rings. The second-order valence-electron chi connectivity index (χ2n) is 7.08. The molecule has 0 bridgehead atoms. The van der Waals surface area contributed by atoms with Crippen LogP contribution in [0.3, 0.4) is 0 Å². The number of carbonyl (C=O) groups excluding carboxylic acids is 3. The van der Waals surface area contributed by atoms with E-state index in [0.717, 1.165) is 10.5 Å². The summed E-state index contributed by atoms with van der Waals surface area (Å²) in [5, 5.41) is 9.37. The fourth-order valence-corrected chi connectivity index (χ4v) is 3.17. The van der Waals surface area contributed by atoms with Gasteiger partial charge in [-0.25, -0.2) is 0 Å². The number of amides is 2. The van der Waals surface area contributed by atoms with Gasteiger partial charge in [0.2, 0.25) is 0 Å². The van der Waals surface area contributed by atoms with Gasteiger partial charge >= 0.3 is 0 Å². The van der Waals surface area contributed by atoms with E-state index in [9.17, 15) is 19.6 Å². The molecule has 6 heteroatoms. The minimum absolute atomic E-state index is 0.0166. The minimum Gasteiger partial charge on any atom is -0.457 e. The fraction of sp³-hybridized carbons (Fsp3) is 0.217. The van der Waals surface area contributed by atoms with Crippen molar-refractivity contribution < 1.29 is 18.8 Å². The van der Waals surface area contributed by atoms with Crippen LogP contribution in [0.25, 0.3) is 17.4 Å². The van der Waals surface area contributed by atoms with Gasteiger partial charge in [0.05, 0.1) is 0 Å². The van der Waals surface area contributed by atoms with E-state index in [-0.39, 0.29) is 23.0 Å². The first kappa shape index (κ1) is 20.0. The fourth-order valence-electron chi connectivity index (χ4n) is 3.17. The van der Waals surface area contributed by atoms with Gasteiger partial charge in [-0.2, -0.15) is 5.26 Å². The highest BCUT2D eigenvalue weighted by Gasteiger charge is 2.37. The molecule has 1 aromatic heterocycles. The molecule has 6 nitrogen and oxygen atoms in total. The van der Waals surface area contributed by atoms with E-state index in [2.05, 4.69) is 0 Å². The van der Waals surface area contributed by atoms with Crippen LogP contribution in [0.5, 0.6) is 0 Å². The van der Waals surface area contributed by atoms with Crippen molar-refractivity contribution in [1.29, 1.82) is 5.26 Å². The summed E-state index contributed by atoms with van der Waals surface area (Å²) in [6, 6.07) is 12.0. The average Bonchev–Trinajstić information content (AvgIpc) is 3.14. The predicted octanol–water partition coefficient (Wildman–Crippen LogP) is 4.15. The van der Waals surface area contributed by atoms with Crippen molar-refractivity contribution in [3.05, 3.63) is 64.4 Å². The second kappa shape index (κ2) is 7.72. The summed E-state index contributed by atoms with van der Waals surface area (Å²) in [6.45, 7) is 6.53. The van der Waals surface area contributed by atoms with Gasteiger partial charge in [-0.1, -0.05) is 24.3 Å². The number of carbonyl (C=O) groups is 3. The molecular weight excluding hydrogens is 368 g/mol. The Morgan fingerprint density at radius 2 is 1.76 bits per heavy atom. The summed E-state index contributed by atoms with van der Waals surface area (Å²) in [6.07, 6.45) is 1.55. The number of rotatable bonds is 4. The molecule has 1 aromatic carbocycles. The zero-order valence-corrected chi connectivity index (χ0v) is 16.6. The predicted molar refractivity (Wildman–Crippen MR) is 107 cm³/mol. The van der Waals surface area contributed by atoms with E-state index in [0.29, 0.717) is 22.7 Å². The van der Waals surface area contributed by atoms with E-state index in [1.54, 1.807) is 63.2 Å². The zero-order valence-electron chi connectivity index (χ0n) is 16.6. The number of Topliss-reactive ketones (excluding diaryl/α,β-unsaturated/α-hetero) is 1. The van der Waals surface area contributed by atoms with Gasteiger partial charge < -0.3 is 4.42 Å². The van der Waals surface area contributed by atoms with Crippen LogP contribution in [0.15, 0.2) is 57.5 Å². The van der Waals surface area contributed by atoms with Gasteiger partial charge in [-0.3, -0.25) is 19.3 Å². The molecule has 29 heavy (non-hydrogen) atoms. The molecule has 0 spiro atoms. The average molecular weight is 388 g/mol. The van der Waals surface area contributed by atoms with Crippen LogP contribution in [0.2, 0.25) is 0 Å². The second-order valence-corrected chi connectivity index (χ2v) is 7.08. The van der Waals surface area contributed by atoms with Crippen molar-refractivity contribution in [3.8, 4) is 17.4 Å². The minimum atomic E-state index is -0.576. The maximum Gasteiger partial charge on any atom is 0.271 e. The molecule has 1 aliphatic heterocycles. The van der Waals surface area contributed by atoms with Gasteiger partial charge in [0.25, 0.3) is 11.8 Å². The van der Waals surface area contributed by atoms with Crippen molar-refractivity contribution in [3.63, 3.8) is 0 Å².